The topological polar surface area (TPSA) is 24.4 Å². The standard InChI is InChI=1S/C10H13BrN2S2/c1-10(2)6-15-9(13-10)12-5-8-7(11)3-4-14-8/h3-4H,5-6H2,1-2H3,(H,12,13). The van der Waals surface area contributed by atoms with Gasteiger partial charge in [0.2, 0.25) is 0 Å². The van der Waals surface area contributed by atoms with Crippen molar-refractivity contribution >= 4 is 44.2 Å². The van der Waals surface area contributed by atoms with Crippen LogP contribution in [-0.4, -0.2) is 16.5 Å². The van der Waals surface area contributed by atoms with E-state index < -0.39 is 0 Å². The average molecular weight is 305 g/mol. The first-order valence-corrected chi connectivity index (χ1v) is 7.40. The minimum absolute atomic E-state index is 0.191. The molecule has 1 aromatic heterocycles. The lowest BCUT2D eigenvalue weighted by Gasteiger charge is -2.15. The van der Waals surface area contributed by atoms with Gasteiger partial charge in [-0.3, -0.25) is 4.99 Å². The van der Waals surface area contributed by atoms with E-state index in [1.807, 2.05) is 0 Å². The lowest BCUT2D eigenvalue weighted by molar-refractivity contribution is 0.536. The Morgan fingerprint density at radius 1 is 1.60 bits per heavy atom. The first kappa shape index (κ1) is 11.5. The van der Waals surface area contributed by atoms with Crippen LogP contribution in [0.15, 0.2) is 20.9 Å². The van der Waals surface area contributed by atoms with Crippen LogP contribution in [0.3, 0.4) is 0 Å². The molecule has 2 rings (SSSR count). The Morgan fingerprint density at radius 2 is 2.40 bits per heavy atom. The van der Waals surface area contributed by atoms with Crippen LogP contribution >= 0.6 is 39.0 Å². The summed E-state index contributed by atoms with van der Waals surface area (Å²) in [6, 6.07) is 2.07. The summed E-state index contributed by atoms with van der Waals surface area (Å²) >= 11 is 7.06. The van der Waals surface area contributed by atoms with Crippen LogP contribution in [0.1, 0.15) is 18.7 Å². The number of hydrogen-bond acceptors (Lipinski definition) is 3. The van der Waals surface area contributed by atoms with Gasteiger partial charge < -0.3 is 5.32 Å². The minimum Gasteiger partial charge on any atom is -0.359 e. The van der Waals surface area contributed by atoms with E-state index in [4.69, 9.17) is 0 Å². The summed E-state index contributed by atoms with van der Waals surface area (Å²) < 4.78 is 1.17. The number of thioether (sulfide) groups is 1. The van der Waals surface area contributed by atoms with Gasteiger partial charge in [-0.1, -0.05) is 11.8 Å². The maximum atomic E-state index is 4.57. The van der Waals surface area contributed by atoms with Gasteiger partial charge in [-0.25, -0.2) is 0 Å². The number of amidine groups is 1. The predicted octanol–water partition coefficient (Wildman–Crippen LogP) is 3.48. The van der Waals surface area contributed by atoms with Gasteiger partial charge in [-0.2, -0.15) is 0 Å². The van der Waals surface area contributed by atoms with Gasteiger partial charge in [-0.05, 0) is 41.2 Å². The van der Waals surface area contributed by atoms with Crippen molar-refractivity contribution in [1.82, 2.24) is 5.32 Å². The third-order valence-electron chi connectivity index (χ3n) is 2.07. The van der Waals surface area contributed by atoms with Gasteiger partial charge in [-0.15, -0.1) is 11.3 Å². The van der Waals surface area contributed by atoms with Crippen molar-refractivity contribution in [3.63, 3.8) is 0 Å². The smallest absolute Gasteiger partial charge is 0.157 e. The summed E-state index contributed by atoms with van der Waals surface area (Å²) in [7, 11) is 0. The minimum atomic E-state index is 0.191. The monoisotopic (exact) mass is 304 g/mol. The molecule has 5 heteroatoms. The quantitative estimate of drug-likeness (QED) is 0.904. The molecule has 0 unspecified atom stereocenters. The molecule has 1 aliphatic rings. The van der Waals surface area contributed by atoms with Crippen LogP contribution in [0.25, 0.3) is 0 Å². The van der Waals surface area contributed by atoms with Crippen LogP contribution in [0, 0.1) is 0 Å². The van der Waals surface area contributed by atoms with E-state index in [2.05, 4.69) is 51.5 Å². The number of halogens is 1. The second kappa shape index (κ2) is 4.47. The van der Waals surface area contributed by atoms with Gasteiger partial charge in [0, 0.05) is 20.6 Å². The van der Waals surface area contributed by atoms with Crippen molar-refractivity contribution in [3.8, 4) is 0 Å². The SMILES string of the molecule is CC1(C)CSC(=NCc2sccc2Br)N1. The summed E-state index contributed by atoms with van der Waals surface area (Å²) in [4.78, 5) is 5.86. The molecule has 2 nitrogen and oxygen atoms in total. The predicted molar refractivity (Wildman–Crippen MR) is 72.8 cm³/mol. The van der Waals surface area contributed by atoms with Gasteiger partial charge in [0.25, 0.3) is 0 Å². The van der Waals surface area contributed by atoms with E-state index in [0.717, 1.165) is 17.5 Å². The Hall–Kier alpha value is -0.0000000000000000555. The maximum Gasteiger partial charge on any atom is 0.157 e. The highest BCUT2D eigenvalue weighted by molar-refractivity contribution is 9.10. The fourth-order valence-electron chi connectivity index (χ4n) is 1.28. The van der Waals surface area contributed by atoms with Gasteiger partial charge in [0.1, 0.15) is 0 Å². The highest BCUT2D eigenvalue weighted by Gasteiger charge is 2.27. The molecule has 15 heavy (non-hydrogen) atoms. The molecule has 2 heterocycles. The van der Waals surface area contributed by atoms with Gasteiger partial charge in [0.15, 0.2) is 5.17 Å². The number of rotatable bonds is 2. The van der Waals surface area contributed by atoms with E-state index in [1.54, 1.807) is 23.1 Å². The number of hydrogen-bond donors (Lipinski definition) is 1. The third kappa shape index (κ3) is 2.98. The molecule has 1 aromatic rings. The van der Waals surface area contributed by atoms with Crippen molar-refractivity contribution in [3.05, 3.63) is 20.8 Å². The largest absolute Gasteiger partial charge is 0.359 e. The van der Waals surface area contributed by atoms with Crippen LogP contribution in [0.5, 0.6) is 0 Å². The lowest BCUT2D eigenvalue weighted by Crippen LogP contribution is -2.36. The van der Waals surface area contributed by atoms with E-state index in [1.165, 1.54) is 9.35 Å². The van der Waals surface area contributed by atoms with Crippen LogP contribution in [0.2, 0.25) is 0 Å². The fraction of sp³-hybridized carbons (Fsp3) is 0.500. The first-order chi connectivity index (χ1) is 7.07. The van der Waals surface area contributed by atoms with E-state index in [-0.39, 0.29) is 5.54 Å². The summed E-state index contributed by atoms with van der Waals surface area (Å²) in [5.41, 5.74) is 0.191. The highest BCUT2D eigenvalue weighted by atomic mass is 79.9. The number of thiophene rings is 1. The summed E-state index contributed by atoms with van der Waals surface area (Å²) in [5, 5.41) is 6.57. The summed E-state index contributed by atoms with van der Waals surface area (Å²) in [6.07, 6.45) is 0. The Labute approximate surface area is 107 Å². The molecule has 0 spiro atoms. The molecule has 0 amide bonds. The number of aliphatic imine (C=N–C) groups is 1. The molecule has 1 fully saturated rings. The molecule has 1 N–H and O–H groups in total. The molecule has 0 radical (unpaired) electrons. The Bertz CT molecular complexity index is 385. The molecule has 0 atom stereocenters. The molecule has 0 aliphatic carbocycles. The number of nitrogens with one attached hydrogen (secondary N) is 1. The van der Waals surface area contributed by atoms with Crippen molar-refractivity contribution in [2.75, 3.05) is 5.75 Å². The van der Waals surface area contributed by atoms with Gasteiger partial charge >= 0.3 is 0 Å². The normalized spacial score (nSPS) is 21.9. The molecule has 0 bridgehead atoms. The Balaban J connectivity index is 1.99. The molecular formula is C10H13BrN2S2. The van der Waals surface area contributed by atoms with Crippen LogP contribution < -0.4 is 5.32 Å². The van der Waals surface area contributed by atoms with Crippen molar-refractivity contribution in [2.24, 2.45) is 4.99 Å². The molecule has 0 aromatic carbocycles. The summed E-state index contributed by atoms with van der Waals surface area (Å²) in [5.74, 6) is 1.09. The number of nitrogens with zero attached hydrogens (tertiary/aromatic N) is 1. The van der Waals surface area contributed by atoms with Crippen molar-refractivity contribution in [2.45, 2.75) is 25.9 Å². The molecule has 0 saturated carbocycles. The maximum absolute atomic E-state index is 4.57. The van der Waals surface area contributed by atoms with Crippen molar-refractivity contribution < 1.29 is 0 Å². The first-order valence-electron chi connectivity index (χ1n) is 4.74. The summed E-state index contributed by atoms with van der Waals surface area (Å²) in [6.45, 7) is 5.16. The lowest BCUT2D eigenvalue weighted by atomic mass is 10.1. The second-order valence-corrected chi connectivity index (χ2v) is 6.93. The van der Waals surface area contributed by atoms with Crippen LogP contribution in [0.4, 0.5) is 0 Å². The van der Waals surface area contributed by atoms with Crippen molar-refractivity contribution in [1.29, 1.82) is 0 Å². The zero-order chi connectivity index (χ0) is 10.9. The average Bonchev–Trinajstić information content (AvgIpc) is 2.69. The molecular weight excluding hydrogens is 292 g/mol. The van der Waals surface area contributed by atoms with Gasteiger partial charge in [0.05, 0.1) is 6.54 Å². The van der Waals surface area contributed by atoms with E-state index >= 15 is 0 Å². The third-order valence-corrected chi connectivity index (χ3v) is 5.35. The Kier molecular flexibility index (Phi) is 3.42. The zero-order valence-electron chi connectivity index (χ0n) is 8.71. The Morgan fingerprint density at radius 3 is 2.93 bits per heavy atom. The highest BCUT2D eigenvalue weighted by Crippen LogP contribution is 2.26. The van der Waals surface area contributed by atoms with Crippen LogP contribution in [-0.2, 0) is 6.54 Å². The van der Waals surface area contributed by atoms with E-state index in [9.17, 15) is 0 Å². The van der Waals surface area contributed by atoms with E-state index in [0.29, 0.717) is 0 Å². The second-order valence-electron chi connectivity index (χ2n) is 4.11. The fourth-order valence-corrected chi connectivity index (χ4v) is 3.75. The molecule has 82 valence electrons. The molecule has 1 saturated heterocycles. The molecule has 1 aliphatic heterocycles. The zero-order valence-corrected chi connectivity index (χ0v) is 11.9.